The van der Waals surface area contributed by atoms with Crippen LogP contribution in [-0.4, -0.2) is 36.4 Å². The SMILES string of the molecule is COc1ccc(C(Cc2ccc(C(=O)O)cc2)C(=O)O)cc1OC. The minimum atomic E-state index is -1.02. The number of carboxylic acid groups (broad SMARTS) is 2. The largest absolute Gasteiger partial charge is 0.493 e. The summed E-state index contributed by atoms with van der Waals surface area (Å²) < 4.78 is 10.4. The molecule has 0 fully saturated rings. The maximum atomic E-state index is 11.7. The highest BCUT2D eigenvalue weighted by molar-refractivity contribution is 5.87. The molecule has 6 nitrogen and oxygen atoms in total. The Morgan fingerprint density at radius 3 is 2.08 bits per heavy atom. The number of hydrogen-bond acceptors (Lipinski definition) is 4. The summed E-state index contributed by atoms with van der Waals surface area (Å²) in [5.41, 5.74) is 1.49. The van der Waals surface area contributed by atoms with Crippen LogP contribution in [0.1, 0.15) is 27.4 Å². The molecule has 0 heterocycles. The molecule has 0 bridgehead atoms. The van der Waals surface area contributed by atoms with E-state index in [1.54, 1.807) is 30.3 Å². The van der Waals surface area contributed by atoms with E-state index in [2.05, 4.69) is 0 Å². The standard InChI is InChI=1S/C18H18O6/c1-23-15-8-7-13(10-16(15)24-2)14(18(21)22)9-11-3-5-12(6-4-11)17(19)20/h3-8,10,14H,9H2,1-2H3,(H,19,20)(H,21,22). The second-order valence-electron chi connectivity index (χ2n) is 5.21. The summed E-state index contributed by atoms with van der Waals surface area (Å²) >= 11 is 0. The number of hydrogen-bond donors (Lipinski definition) is 2. The lowest BCUT2D eigenvalue weighted by atomic mass is 9.91. The van der Waals surface area contributed by atoms with Gasteiger partial charge in [0.15, 0.2) is 11.5 Å². The highest BCUT2D eigenvalue weighted by Crippen LogP contribution is 2.32. The van der Waals surface area contributed by atoms with E-state index in [-0.39, 0.29) is 12.0 Å². The number of benzene rings is 2. The molecule has 0 aliphatic rings. The lowest BCUT2D eigenvalue weighted by molar-refractivity contribution is -0.138. The molecule has 2 N–H and O–H groups in total. The van der Waals surface area contributed by atoms with E-state index in [9.17, 15) is 14.7 Å². The Labute approximate surface area is 139 Å². The molecule has 24 heavy (non-hydrogen) atoms. The van der Waals surface area contributed by atoms with Crippen molar-refractivity contribution in [3.63, 3.8) is 0 Å². The lowest BCUT2D eigenvalue weighted by Crippen LogP contribution is -2.14. The molecule has 1 unspecified atom stereocenters. The first-order valence-electron chi connectivity index (χ1n) is 7.23. The van der Waals surface area contributed by atoms with Crippen LogP contribution in [0.5, 0.6) is 11.5 Å². The number of aliphatic carboxylic acids is 1. The van der Waals surface area contributed by atoms with E-state index in [1.165, 1.54) is 26.4 Å². The van der Waals surface area contributed by atoms with Crippen molar-refractivity contribution >= 4 is 11.9 Å². The molecule has 2 aromatic carbocycles. The summed E-state index contributed by atoms with van der Waals surface area (Å²) in [7, 11) is 3.00. The van der Waals surface area contributed by atoms with Crippen molar-refractivity contribution in [3.05, 3.63) is 59.2 Å². The maximum absolute atomic E-state index is 11.7. The predicted octanol–water partition coefficient (Wildman–Crippen LogP) is 2.81. The van der Waals surface area contributed by atoms with Gasteiger partial charge in [0.25, 0.3) is 0 Å². The minimum Gasteiger partial charge on any atom is -0.493 e. The number of carbonyl (C=O) groups is 2. The fraction of sp³-hybridized carbons (Fsp3) is 0.222. The average molecular weight is 330 g/mol. The van der Waals surface area contributed by atoms with Crippen LogP contribution < -0.4 is 9.47 Å². The summed E-state index contributed by atoms with van der Waals surface area (Å²) in [5, 5.41) is 18.5. The van der Waals surface area contributed by atoms with Crippen LogP contribution in [0.3, 0.4) is 0 Å². The fourth-order valence-electron chi connectivity index (χ4n) is 2.44. The van der Waals surface area contributed by atoms with E-state index in [0.717, 1.165) is 5.56 Å². The van der Waals surface area contributed by atoms with Crippen molar-refractivity contribution in [2.75, 3.05) is 14.2 Å². The Bertz CT molecular complexity index is 736. The Kier molecular flexibility index (Phi) is 5.42. The molecular weight excluding hydrogens is 312 g/mol. The van der Waals surface area contributed by atoms with Gasteiger partial charge in [0.2, 0.25) is 0 Å². The third-order valence-electron chi connectivity index (χ3n) is 3.75. The molecule has 0 saturated carbocycles. The van der Waals surface area contributed by atoms with Crippen LogP contribution >= 0.6 is 0 Å². The molecule has 0 aliphatic carbocycles. The van der Waals surface area contributed by atoms with Gasteiger partial charge in [-0.1, -0.05) is 18.2 Å². The Morgan fingerprint density at radius 1 is 0.958 bits per heavy atom. The van der Waals surface area contributed by atoms with Crippen LogP contribution in [0.25, 0.3) is 0 Å². The number of ether oxygens (including phenoxy) is 2. The zero-order valence-electron chi connectivity index (χ0n) is 13.4. The highest BCUT2D eigenvalue weighted by atomic mass is 16.5. The van der Waals surface area contributed by atoms with E-state index in [1.807, 2.05) is 0 Å². The van der Waals surface area contributed by atoms with Crippen molar-refractivity contribution in [2.24, 2.45) is 0 Å². The van der Waals surface area contributed by atoms with Crippen molar-refractivity contribution in [2.45, 2.75) is 12.3 Å². The van der Waals surface area contributed by atoms with Crippen LogP contribution in [0.15, 0.2) is 42.5 Å². The van der Waals surface area contributed by atoms with Gasteiger partial charge in [-0.25, -0.2) is 4.79 Å². The summed E-state index contributed by atoms with van der Waals surface area (Å²) in [6.45, 7) is 0. The quantitative estimate of drug-likeness (QED) is 0.811. The topological polar surface area (TPSA) is 93.1 Å². The summed E-state index contributed by atoms with van der Waals surface area (Å²) in [4.78, 5) is 22.5. The van der Waals surface area contributed by atoms with Gasteiger partial charge in [-0.05, 0) is 41.8 Å². The fourth-order valence-corrected chi connectivity index (χ4v) is 2.44. The Hall–Kier alpha value is -3.02. The van der Waals surface area contributed by atoms with Gasteiger partial charge >= 0.3 is 11.9 Å². The highest BCUT2D eigenvalue weighted by Gasteiger charge is 2.22. The third kappa shape index (κ3) is 3.84. The molecule has 0 aromatic heterocycles. The number of methoxy groups -OCH3 is 2. The zero-order valence-corrected chi connectivity index (χ0v) is 13.4. The molecule has 2 aromatic rings. The van der Waals surface area contributed by atoms with Crippen LogP contribution in [0, 0.1) is 0 Å². The molecule has 0 amide bonds. The van der Waals surface area contributed by atoms with Gasteiger partial charge in [0.1, 0.15) is 0 Å². The number of carboxylic acids is 2. The molecule has 1 atom stereocenters. The summed E-state index contributed by atoms with van der Waals surface area (Å²) in [6, 6.07) is 11.2. The molecule has 0 aliphatic heterocycles. The predicted molar refractivity (Wildman–Crippen MR) is 87.0 cm³/mol. The average Bonchev–Trinajstić information content (AvgIpc) is 2.59. The molecule has 0 radical (unpaired) electrons. The lowest BCUT2D eigenvalue weighted by Gasteiger charge is -2.15. The second kappa shape index (κ2) is 7.50. The number of rotatable bonds is 7. The molecule has 2 rings (SSSR count). The van der Waals surface area contributed by atoms with E-state index in [0.29, 0.717) is 17.1 Å². The van der Waals surface area contributed by atoms with Gasteiger partial charge in [0, 0.05) is 0 Å². The van der Waals surface area contributed by atoms with E-state index in [4.69, 9.17) is 14.6 Å². The zero-order chi connectivity index (χ0) is 17.7. The van der Waals surface area contributed by atoms with Crippen molar-refractivity contribution in [3.8, 4) is 11.5 Å². The van der Waals surface area contributed by atoms with Crippen molar-refractivity contribution < 1.29 is 29.3 Å². The summed E-state index contributed by atoms with van der Waals surface area (Å²) in [6.07, 6.45) is 0.241. The molecule has 126 valence electrons. The first-order valence-corrected chi connectivity index (χ1v) is 7.23. The monoisotopic (exact) mass is 330 g/mol. The molecule has 0 saturated heterocycles. The Balaban J connectivity index is 2.29. The summed E-state index contributed by atoms with van der Waals surface area (Å²) in [5.74, 6) is -1.78. The van der Waals surface area contributed by atoms with Gasteiger partial charge in [-0.3, -0.25) is 4.79 Å². The third-order valence-corrected chi connectivity index (χ3v) is 3.75. The Morgan fingerprint density at radius 2 is 1.58 bits per heavy atom. The molecule has 0 spiro atoms. The normalized spacial score (nSPS) is 11.6. The number of aromatic carboxylic acids is 1. The van der Waals surface area contributed by atoms with Crippen LogP contribution in [-0.2, 0) is 11.2 Å². The van der Waals surface area contributed by atoms with Crippen molar-refractivity contribution in [1.82, 2.24) is 0 Å². The van der Waals surface area contributed by atoms with Gasteiger partial charge < -0.3 is 19.7 Å². The van der Waals surface area contributed by atoms with Gasteiger partial charge in [-0.2, -0.15) is 0 Å². The van der Waals surface area contributed by atoms with Crippen molar-refractivity contribution in [1.29, 1.82) is 0 Å². The second-order valence-corrected chi connectivity index (χ2v) is 5.21. The van der Waals surface area contributed by atoms with E-state index < -0.39 is 17.9 Å². The first kappa shape index (κ1) is 17.3. The van der Waals surface area contributed by atoms with E-state index >= 15 is 0 Å². The molecule has 6 heteroatoms. The van der Waals surface area contributed by atoms with Gasteiger partial charge in [0.05, 0.1) is 25.7 Å². The molecular formula is C18H18O6. The smallest absolute Gasteiger partial charge is 0.335 e. The van der Waals surface area contributed by atoms with Crippen LogP contribution in [0.2, 0.25) is 0 Å². The minimum absolute atomic E-state index is 0.164. The van der Waals surface area contributed by atoms with Gasteiger partial charge in [-0.15, -0.1) is 0 Å². The maximum Gasteiger partial charge on any atom is 0.335 e. The van der Waals surface area contributed by atoms with Crippen LogP contribution in [0.4, 0.5) is 0 Å². The first-order chi connectivity index (χ1) is 11.5.